The topological polar surface area (TPSA) is 38.8 Å². The lowest BCUT2D eigenvalue weighted by Gasteiger charge is -2.37. The van der Waals surface area contributed by atoms with Gasteiger partial charge in [-0.15, -0.1) is 0 Å². The average molecular weight is 331 g/mol. The molecule has 2 fully saturated rings. The number of likely N-dealkylation sites (tertiary alicyclic amines) is 1. The number of nitrogens with zero attached hydrogens (tertiary/aromatic N) is 1. The number of carbonyl (C=O) groups is 1. The van der Waals surface area contributed by atoms with Gasteiger partial charge in [0.25, 0.3) is 0 Å². The minimum Gasteiger partial charge on any atom is -0.350 e. The minimum absolute atomic E-state index is 0.0385. The molecular formula is C20H29NO3. The van der Waals surface area contributed by atoms with Crippen LogP contribution in [0.1, 0.15) is 32.3 Å². The molecule has 2 heterocycles. The van der Waals surface area contributed by atoms with Gasteiger partial charge >= 0.3 is 0 Å². The quantitative estimate of drug-likeness (QED) is 0.832. The molecular weight excluding hydrogens is 302 g/mol. The van der Waals surface area contributed by atoms with E-state index in [1.54, 1.807) is 0 Å². The van der Waals surface area contributed by atoms with E-state index in [-0.39, 0.29) is 18.1 Å². The fraction of sp³-hybridized carbons (Fsp3) is 0.650. The zero-order chi connectivity index (χ0) is 16.9. The molecule has 0 saturated carbocycles. The summed E-state index contributed by atoms with van der Waals surface area (Å²) in [6.45, 7) is 7.28. The molecule has 2 aliphatic heterocycles. The lowest BCUT2D eigenvalue weighted by molar-refractivity contribution is -0.144. The summed E-state index contributed by atoms with van der Waals surface area (Å²) in [6, 6.07) is 10.3. The van der Waals surface area contributed by atoms with Gasteiger partial charge in [-0.1, -0.05) is 44.2 Å². The van der Waals surface area contributed by atoms with Crippen LogP contribution in [0.5, 0.6) is 0 Å². The lowest BCUT2D eigenvalue weighted by Crippen LogP contribution is -2.47. The second-order valence-electron chi connectivity index (χ2n) is 7.34. The van der Waals surface area contributed by atoms with Crippen LogP contribution in [0.25, 0.3) is 0 Å². The Hall–Kier alpha value is -1.39. The smallest absolute Gasteiger partial charge is 0.226 e. The number of amides is 1. The molecule has 0 aliphatic carbocycles. The largest absolute Gasteiger partial charge is 0.350 e. The zero-order valence-corrected chi connectivity index (χ0v) is 14.8. The Morgan fingerprint density at radius 1 is 1.21 bits per heavy atom. The molecule has 0 aromatic heterocycles. The number of carbonyl (C=O) groups excluding carboxylic acids is 1. The van der Waals surface area contributed by atoms with Crippen LogP contribution in [-0.2, 0) is 20.7 Å². The summed E-state index contributed by atoms with van der Waals surface area (Å²) in [7, 11) is 0. The van der Waals surface area contributed by atoms with E-state index in [9.17, 15) is 4.79 Å². The Labute approximate surface area is 145 Å². The van der Waals surface area contributed by atoms with E-state index in [1.807, 2.05) is 23.1 Å². The third-order valence-electron chi connectivity index (χ3n) is 5.22. The van der Waals surface area contributed by atoms with Crippen LogP contribution in [0.2, 0.25) is 0 Å². The number of hydrogen-bond donors (Lipinski definition) is 0. The van der Waals surface area contributed by atoms with Crippen LogP contribution in [0.4, 0.5) is 0 Å². The van der Waals surface area contributed by atoms with Gasteiger partial charge in [0.15, 0.2) is 6.29 Å². The average Bonchev–Trinajstić information content (AvgIpc) is 3.14. The molecule has 0 unspecified atom stereocenters. The first-order valence-corrected chi connectivity index (χ1v) is 9.21. The predicted octanol–water partition coefficient (Wildman–Crippen LogP) is 3.11. The molecule has 2 atom stereocenters. The van der Waals surface area contributed by atoms with E-state index in [4.69, 9.17) is 9.47 Å². The van der Waals surface area contributed by atoms with Gasteiger partial charge in [-0.25, -0.2) is 0 Å². The summed E-state index contributed by atoms with van der Waals surface area (Å²) in [5.74, 6) is 0.972. The number of rotatable bonds is 5. The van der Waals surface area contributed by atoms with Crippen LogP contribution in [-0.4, -0.2) is 43.4 Å². The second-order valence-corrected chi connectivity index (χ2v) is 7.34. The Bertz CT molecular complexity index is 525. The summed E-state index contributed by atoms with van der Waals surface area (Å²) in [4.78, 5) is 15.2. The fourth-order valence-electron chi connectivity index (χ4n) is 3.79. The third-order valence-corrected chi connectivity index (χ3v) is 5.22. The first-order valence-electron chi connectivity index (χ1n) is 9.21. The number of benzene rings is 1. The predicted molar refractivity (Wildman–Crippen MR) is 93.5 cm³/mol. The SMILES string of the molecule is CC(C)[C@H](Cc1ccccc1)C(=O)N1CCC[C@H](C2OCCO2)C1. The number of piperidine rings is 1. The summed E-state index contributed by atoms with van der Waals surface area (Å²) in [5.41, 5.74) is 1.24. The van der Waals surface area contributed by atoms with Crippen molar-refractivity contribution in [3.8, 4) is 0 Å². The zero-order valence-electron chi connectivity index (χ0n) is 14.8. The van der Waals surface area contributed by atoms with Crippen molar-refractivity contribution in [3.63, 3.8) is 0 Å². The van der Waals surface area contributed by atoms with E-state index in [0.29, 0.717) is 25.0 Å². The van der Waals surface area contributed by atoms with Crippen LogP contribution < -0.4 is 0 Å². The van der Waals surface area contributed by atoms with E-state index < -0.39 is 0 Å². The molecule has 1 aromatic carbocycles. The molecule has 1 amide bonds. The molecule has 1 aromatic rings. The molecule has 0 spiro atoms. The summed E-state index contributed by atoms with van der Waals surface area (Å²) >= 11 is 0. The van der Waals surface area contributed by atoms with Crippen molar-refractivity contribution < 1.29 is 14.3 Å². The highest BCUT2D eigenvalue weighted by Crippen LogP contribution is 2.28. The van der Waals surface area contributed by atoms with Crippen molar-refractivity contribution in [2.24, 2.45) is 17.8 Å². The normalized spacial score (nSPS) is 23.6. The molecule has 24 heavy (non-hydrogen) atoms. The van der Waals surface area contributed by atoms with E-state index in [1.165, 1.54) is 5.56 Å². The Kier molecular flexibility index (Phi) is 5.90. The van der Waals surface area contributed by atoms with Gasteiger partial charge in [0.2, 0.25) is 5.91 Å². The molecule has 4 nitrogen and oxygen atoms in total. The maximum Gasteiger partial charge on any atom is 0.226 e. The highest BCUT2D eigenvalue weighted by Gasteiger charge is 2.35. The highest BCUT2D eigenvalue weighted by atomic mass is 16.7. The molecule has 2 saturated heterocycles. The van der Waals surface area contributed by atoms with Crippen molar-refractivity contribution in [2.75, 3.05) is 26.3 Å². The molecule has 0 bridgehead atoms. The summed E-state index contributed by atoms with van der Waals surface area (Å²) in [5, 5.41) is 0. The monoisotopic (exact) mass is 331 g/mol. The Balaban J connectivity index is 1.65. The van der Waals surface area contributed by atoms with Gasteiger partial charge in [0, 0.05) is 24.9 Å². The van der Waals surface area contributed by atoms with Gasteiger partial charge in [0.1, 0.15) is 0 Å². The number of hydrogen-bond acceptors (Lipinski definition) is 3. The van der Waals surface area contributed by atoms with Crippen LogP contribution in [0.3, 0.4) is 0 Å². The van der Waals surface area contributed by atoms with Crippen molar-refractivity contribution in [1.29, 1.82) is 0 Å². The van der Waals surface area contributed by atoms with Gasteiger partial charge in [-0.2, -0.15) is 0 Å². The molecule has 2 aliphatic rings. The van der Waals surface area contributed by atoms with Crippen molar-refractivity contribution >= 4 is 5.91 Å². The molecule has 4 heteroatoms. The molecule has 0 radical (unpaired) electrons. The van der Waals surface area contributed by atoms with Crippen molar-refractivity contribution in [3.05, 3.63) is 35.9 Å². The molecule has 0 N–H and O–H groups in total. The highest BCUT2D eigenvalue weighted by molar-refractivity contribution is 5.79. The van der Waals surface area contributed by atoms with Gasteiger partial charge in [-0.3, -0.25) is 4.79 Å². The van der Waals surface area contributed by atoms with Gasteiger partial charge in [0.05, 0.1) is 13.2 Å². The van der Waals surface area contributed by atoms with Crippen molar-refractivity contribution in [1.82, 2.24) is 4.90 Å². The van der Waals surface area contributed by atoms with Crippen LogP contribution >= 0.6 is 0 Å². The Morgan fingerprint density at radius 3 is 2.58 bits per heavy atom. The van der Waals surface area contributed by atoms with Crippen LogP contribution in [0, 0.1) is 17.8 Å². The number of ether oxygens (including phenoxy) is 2. The second kappa shape index (κ2) is 8.13. The summed E-state index contributed by atoms with van der Waals surface area (Å²) < 4.78 is 11.3. The fourth-order valence-corrected chi connectivity index (χ4v) is 3.79. The third kappa shape index (κ3) is 4.17. The lowest BCUT2D eigenvalue weighted by atomic mass is 9.86. The Morgan fingerprint density at radius 2 is 1.92 bits per heavy atom. The maximum atomic E-state index is 13.1. The molecule has 3 rings (SSSR count). The van der Waals surface area contributed by atoms with Crippen molar-refractivity contribution in [2.45, 2.75) is 39.4 Å². The van der Waals surface area contributed by atoms with Crippen LogP contribution in [0.15, 0.2) is 30.3 Å². The first kappa shape index (κ1) is 17.4. The standard InChI is InChI=1S/C20H29NO3/c1-15(2)18(13-16-7-4-3-5-8-16)19(22)21-10-6-9-17(14-21)20-23-11-12-24-20/h3-5,7-8,15,17-18,20H,6,9-14H2,1-2H3/t17-,18-/m0/s1. The maximum absolute atomic E-state index is 13.1. The van der Waals surface area contributed by atoms with Gasteiger partial charge in [-0.05, 0) is 30.7 Å². The van der Waals surface area contributed by atoms with Gasteiger partial charge < -0.3 is 14.4 Å². The summed E-state index contributed by atoms with van der Waals surface area (Å²) in [6.07, 6.45) is 2.82. The van der Waals surface area contributed by atoms with E-state index in [2.05, 4.69) is 26.0 Å². The first-order chi connectivity index (χ1) is 11.6. The minimum atomic E-state index is -0.118. The molecule has 132 valence electrons. The van der Waals surface area contributed by atoms with E-state index >= 15 is 0 Å². The van der Waals surface area contributed by atoms with E-state index in [0.717, 1.165) is 32.4 Å².